The standard InChI is InChI=1S/C12H21N3O5S3.C4H4O4/c1-3-14-10-8-15(5-4-6-20-2)23(18,19)12-9(10)7-11(21-12)22(13,16)17;5-3(6)1-2-4(7)8/h7,10,14H,3-6,8H2,1-2H3,(H2,13,16,17);1-2H,(H,5,6)(H,7,8)/t10-;/m0./s1. The number of rotatable bonds is 9. The lowest BCUT2D eigenvalue weighted by Crippen LogP contribution is -2.43. The number of nitrogens with one attached hydrogen (secondary N) is 1. The first-order valence-corrected chi connectivity index (χ1v) is 12.7. The number of thiophene rings is 1. The third-order valence-electron chi connectivity index (χ3n) is 3.89. The van der Waals surface area contributed by atoms with Gasteiger partial charge in [-0.05, 0) is 19.0 Å². The monoisotopic (exact) mass is 499 g/mol. The Hall–Kier alpha value is -1.88. The number of methoxy groups -OCH3 is 1. The molecule has 1 atom stereocenters. The van der Waals surface area contributed by atoms with Crippen LogP contribution in [-0.4, -0.2) is 76.6 Å². The van der Waals surface area contributed by atoms with Crippen molar-refractivity contribution in [3.8, 4) is 0 Å². The zero-order chi connectivity index (χ0) is 23.8. The molecular formula is C16H25N3O9S3. The molecule has 0 aliphatic carbocycles. The van der Waals surface area contributed by atoms with Crippen LogP contribution in [0.25, 0.3) is 0 Å². The summed E-state index contributed by atoms with van der Waals surface area (Å²) in [5.74, 6) is -2.51. The Morgan fingerprint density at radius 2 is 1.94 bits per heavy atom. The molecule has 0 amide bonds. The van der Waals surface area contributed by atoms with Gasteiger partial charge >= 0.3 is 11.9 Å². The normalized spacial score (nSPS) is 18.2. The molecule has 0 spiro atoms. The topological polar surface area (TPSA) is 193 Å². The minimum Gasteiger partial charge on any atom is -0.478 e. The second kappa shape index (κ2) is 11.7. The Morgan fingerprint density at radius 1 is 1.35 bits per heavy atom. The third-order valence-corrected chi connectivity index (χ3v) is 8.86. The van der Waals surface area contributed by atoms with E-state index < -0.39 is 32.0 Å². The summed E-state index contributed by atoms with van der Waals surface area (Å²) >= 11 is 0.708. The van der Waals surface area contributed by atoms with E-state index in [-0.39, 0.29) is 21.0 Å². The molecule has 2 rings (SSSR count). The molecule has 1 aliphatic rings. The molecule has 31 heavy (non-hydrogen) atoms. The number of nitrogens with zero attached hydrogens (tertiary/aromatic N) is 1. The van der Waals surface area contributed by atoms with Crippen molar-refractivity contribution < 1.29 is 41.4 Å². The molecule has 0 radical (unpaired) electrons. The first kappa shape index (κ1) is 27.2. The van der Waals surface area contributed by atoms with Crippen LogP contribution in [0.2, 0.25) is 0 Å². The lowest BCUT2D eigenvalue weighted by Gasteiger charge is -2.32. The number of ether oxygens (including phenoxy) is 1. The molecule has 0 unspecified atom stereocenters. The van der Waals surface area contributed by atoms with E-state index in [4.69, 9.17) is 20.1 Å². The van der Waals surface area contributed by atoms with Crippen LogP contribution >= 0.6 is 11.3 Å². The van der Waals surface area contributed by atoms with E-state index >= 15 is 0 Å². The van der Waals surface area contributed by atoms with Crippen molar-refractivity contribution in [1.29, 1.82) is 0 Å². The number of likely N-dealkylation sites (N-methyl/N-ethyl adjacent to an activating group) is 1. The zero-order valence-corrected chi connectivity index (χ0v) is 19.3. The van der Waals surface area contributed by atoms with Crippen molar-refractivity contribution in [3.63, 3.8) is 0 Å². The zero-order valence-electron chi connectivity index (χ0n) is 16.8. The molecule has 12 nitrogen and oxygen atoms in total. The van der Waals surface area contributed by atoms with Crippen LogP contribution in [0.4, 0.5) is 0 Å². The van der Waals surface area contributed by atoms with Crippen LogP contribution in [0.5, 0.6) is 0 Å². The van der Waals surface area contributed by atoms with Crippen molar-refractivity contribution in [2.24, 2.45) is 5.14 Å². The summed E-state index contributed by atoms with van der Waals surface area (Å²) in [6.07, 6.45) is 1.68. The Kier molecular flexibility index (Phi) is 10.2. The van der Waals surface area contributed by atoms with E-state index in [9.17, 15) is 26.4 Å². The molecule has 1 aliphatic heterocycles. The molecule has 0 bridgehead atoms. The average Bonchev–Trinajstić information content (AvgIpc) is 3.12. The Labute approximate surface area is 184 Å². The maximum atomic E-state index is 12.7. The van der Waals surface area contributed by atoms with E-state index in [1.165, 1.54) is 10.4 Å². The number of hydrogen-bond donors (Lipinski definition) is 4. The first-order chi connectivity index (χ1) is 14.3. The highest BCUT2D eigenvalue weighted by molar-refractivity contribution is 7.94. The van der Waals surface area contributed by atoms with E-state index in [0.717, 1.165) is 0 Å². The number of primary sulfonamides is 1. The van der Waals surface area contributed by atoms with Crippen LogP contribution in [0.3, 0.4) is 0 Å². The molecule has 0 fully saturated rings. The quantitative estimate of drug-likeness (QED) is 0.261. The Bertz CT molecular complexity index is 1000. The number of carboxylic acids is 2. The summed E-state index contributed by atoms with van der Waals surface area (Å²) in [5, 5.41) is 24.0. The van der Waals surface area contributed by atoms with Crippen molar-refractivity contribution >= 4 is 43.3 Å². The molecule has 0 aromatic carbocycles. The maximum absolute atomic E-state index is 12.7. The summed E-state index contributed by atoms with van der Waals surface area (Å²) in [5.41, 5.74) is 0.476. The van der Waals surface area contributed by atoms with Gasteiger partial charge in [-0.1, -0.05) is 6.92 Å². The fourth-order valence-corrected chi connectivity index (χ4v) is 6.93. The van der Waals surface area contributed by atoms with Crippen molar-refractivity contribution in [2.45, 2.75) is 27.8 Å². The van der Waals surface area contributed by atoms with Crippen molar-refractivity contribution in [1.82, 2.24) is 9.62 Å². The van der Waals surface area contributed by atoms with E-state index in [1.54, 1.807) is 7.11 Å². The molecule has 15 heteroatoms. The lowest BCUT2D eigenvalue weighted by atomic mass is 10.1. The Morgan fingerprint density at radius 3 is 2.39 bits per heavy atom. The predicted molar refractivity (Wildman–Crippen MR) is 112 cm³/mol. The summed E-state index contributed by atoms with van der Waals surface area (Å²) in [4.78, 5) is 19.1. The number of fused-ring (bicyclic) bond motifs is 1. The summed E-state index contributed by atoms with van der Waals surface area (Å²) < 4.78 is 54.8. The van der Waals surface area contributed by atoms with Crippen LogP contribution in [-0.2, 0) is 34.4 Å². The molecule has 0 saturated heterocycles. The number of hydrogen-bond acceptors (Lipinski definition) is 9. The second-order valence-corrected chi connectivity index (χ2v) is 11.2. The molecule has 5 N–H and O–H groups in total. The lowest BCUT2D eigenvalue weighted by molar-refractivity contribution is -0.134. The largest absolute Gasteiger partial charge is 0.478 e. The highest BCUT2D eigenvalue weighted by Crippen LogP contribution is 2.39. The van der Waals surface area contributed by atoms with Gasteiger partial charge < -0.3 is 20.3 Å². The first-order valence-electron chi connectivity index (χ1n) is 8.87. The molecule has 2 heterocycles. The number of sulfonamides is 2. The van der Waals surface area contributed by atoms with Gasteiger partial charge in [0.2, 0.25) is 10.0 Å². The van der Waals surface area contributed by atoms with E-state index in [2.05, 4.69) is 5.32 Å². The highest BCUT2D eigenvalue weighted by Gasteiger charge is 2.39. The SMILES string of the molecule is CCN[C@H]1CN(CCCOC)S(=O)(=O)c2sc(S(N)(=O)=O)cc21.O=C(O)C=CC(=O)O. The van der Waals surface area contributed by atoms with Gasteiger partial charge in [0.1, 0.15) is 8.42 Å². The number of nitrogens with two attached hydrogens (primary N) is 1. The van der Waals surface area contributed by atoms with Crippen LogP contribution < -0.4 is 10.5 Å². The van der Waals surface area contributed by atoms with Crippen LogP contribution in [0, 0.1) is 0 Å². The second-order valence-electron chi connectivity index (χ2n) is 6.18. The van der Waals surface area contributed by atoms with E-state index in [1.807, 2.05) is 6.92 Å². The fraction of sp³-hybridized carbons (Fsp3) is 0.500. The third kappa shape index (κ3) is 7.95. The predicted octanol–water partition coefficient (Wildman–Crippen LogP) is -0.201. The van der Waals surface area contributed by atoms with E-state index in [0.29, 0.717) is 55.2 Å². The molecular weight excluding hydrogens is 474 g/mol. The smallest absolute Gasteiger partial charge is 0.328 e. The van der Waals surface area contributed by atoms with Gasteiger partial charge in [-0.15, -0.1) is 11.3 Å². The van der Waals surface area contributed by atoms with Gasteiger partial charge in [-0.2, -0.15) is 4.31 Å². The minimum absolute atomic E-state index is 0.0520. The molecule has 1 aromatic heterocycles. The van der Waals surface area contributed by atoms with Crippen LogP contribution in [0.1, 0.15) is 24.9 Å². The maximum Gasteiger partial charge on any atom is 0.328 e. The minimum atomic E-state index is -3.94. The van der Waals surface area contributed by atoms with Crippen LogP contribution in [0.15, 0.2) is 26.6 Å². The number of carboxylic acid groups (broad SMARTS) is 2. The van der Waals surface area contributed by atoms with Crippen molar-refractivity contribution in [3.05, 3.63) is 23.8 Å². The van der Waals surface area contributed by atoms with Crippen molar-refractivity contribution in [2.75, 3.05) is 33.4 Å². The summed E-state index contributed by atoms with van der Waals surface area (Å²) in [6.45, 7) is 3.58. The Balaban J connectivity index is 0.000000512. The number of carbonyl (C=O) groups is 2. The van der Waals surface area contributed by atoms with Gasteiger partial charge in [0.15, 0.2) is 0 Å². The van der Waals surface area contributed by atoms with Gasteiger partial charge in [0, 0.05) is 50.6 Å². The molecule has 176 valence electrons. The fourth-order valence-electron chi connectivity index (χ4n) is 2.63. The van der Waals surface area contributed by atoms with Gasteiger partial charge in [-0.25, -0.2) is 31.6 Å². The summed E-state index contributed by atoms with van der Waals surface area (Å²) in [7, 11) is -6.10. The van der Waals surface area contributed by atoms with Gasteiger partial charge in [-0.3, -0.25) is 0 Å². The number of aliphatic carboxylic acids is 2. The average molecular weight is 500 g/mol. The molecule has 0 saturated carbocycles. The van der Waals surface area contributed by atoms with Gasteiger partial charge in [0.25, 0.3) is 10.0 Å². The molecule has 1 aromatic rings. The summed E-state index contributed by atoms with van der Waals surface area (Å²) in [6, 6.07) is 1.11. The highest BCUT2D eigenvalue weighted by atomic mass is 32.3. The van der Waals surface area contributed by atoms with Gasteiger partial charge in [0.05, 0.1) is 0 Å².